The van der Waals surface area contributed by atoms with Gasteiger partial charge in [0.25, 0.3) is 0 Å². The molecule has 3 aliphatic rings. The van der Waals surface area contributed by atoms with Crippen molar-refractivity contribution in [1.82, 2.24) is 10.2 Å². The zero-order chi connectivity index (χ0) is 14.1. The van der Waals surface area contributed by atoms with Crippen LogP contribution in [0.2, 0.25) is 0 Å². The van der Waals surface area contributed by atoms with E-state index in [1.807, 2.05) is 0 Å². The molecule has 1 aliphatic heterocycles. The van der Waals surface area contributed by atoms with Crippen LogP contribution < -0.4 is 5.32 Å². The molecule has 20 heavy (non-hydrogen) atoms. The third-order valence-corrected chi connectivity index (χ3v) is 5.24. The van der Waals surface area contributed by atoms with Gasteiger partial charge in [0.1, 0.15) is 0 Å². The fourth-order valence-electron chi connectivity index (χ4n) is 4.13. The minimum absolute atomic E-state index is 0.293. The molecule has 4 atom stereocenters. The lowest BCUT2D eigenvalue weighted by Crippen LogP contribution is -2.46. The molecule has 0 spiro atoms. The van der Waals surface area contributed by atoms with E-state index in [0.717, 1.165) is 26.1 Å². The Hall–Kier alpha value is -0.830. The van der Waals surface area contributed by atoms with E-state index in [4.69, 9.17) is 0 Å². The summed E-state index contributed by atoms with van der Waals surface area (Å²) in [5.74, 6) is 2.61. The molecule has 1 saturated heterocycles. The number of nitrogens with zero attached hydrogens (tertiary/aromatic N) is 1. The smallest absolute Gasteiger partial charge is 0.226 e. The maximum atomic E-state index is 12.7. The Bertz CT molecular complexity index is 390. The van der Waals surface area contributed by atoms with Gasteiger partial charge in [-0.1, -0.05) is 26.0 Å². The summed E-state index contributed by atoms with van der Waals surface area (Å²) >= 11 is 0. The monoisotopic (exact) mass is 276 g/mol. The van der Waals surface area contributed by atoms with Gasteiger partial charge in [-0.05, 0) is 50.0 Å². The Balaban J connectivity index is 1.54. The normalized spacial score (nSPS) is 36.0. The molecule has 3 nitrogen and oxygen atoms in total. The van der Waals surface area contributed by atoms with E-state index in [2.05, 4.69) is 36.2 Å². The third-order valence-electron chi connectivity index (χ3n) is 5.24. The van der Waals surface area contributed by atoms with Crippen molar-refractivity contribution in [1.29, 1.82) is 0 Å². The molecule has 0 aromatic rings. The lowest BCUT2D eigenvalue weighted by atomic mass is 9.90. The van der Waals surface area contributed by atoms with Gasteiger partial charge in [0, 0.05) is 25.0 Å². The summed E-state index contributed by atoms with van der Waals surface area (Å²) in [6, 6.07) is 0.539. The highest BCUT2D eigenvalue weighted by atomic mass is 16.2. The molecule has 2 aliphatic carbocycles. The van der Waals surface area contributed by atoms with Crippen molar-refractivity contribution >= 4 is 5.91 Å². The van der Waals surface area contributed by atoms with E-state index in [9.17, 15) is 4.79 Å². The first-order valence-electron chi connectivity index (χ1n) is 8.34. The van der Waals surface area contributed by atoms with E-state index in [-0.39, 0.29) is 0 Å². The fourth-order valence-corrected chi connectivity index (χ4v) is 4.13. The predicted octanol–water partition coefficient (Wildman–Crippen LogP) is 2.44. The zero-order valence-electron chi connectivity index (χ0n) is 12.8. The predicted molar refractivity (Wildman–Crippen MR) is 81.3 cm³/mol. The average molecular weight is 276 g/mol. The molecule has 3 heteroatoms. The lowest BCUT2D eigenvalue weighted by molar-refractivity contribution is -0.138. The maximum absolute atomic E-state index is 12.7. The molecule has 4 unspecified atom stereocenters. The largest absolute Gasteiger partial charge is 0.342 e. The first-order chi connectivity index (χ1) is 9.63. The molecule has 1 saturated carbocycles. The zero-order valence-corrected chi connectivity index (χ0v) is 12.8. The van der Waals surface area contributed by atoms with Crippen LogP contribution in [0.5, 0.6) is 0 Å². The molecule has 1 N–H and O–H groups in total. The minimum atomic E-state index is 0.293. The Morgan fingerprint density at radius 1 is 1.35 bits per heavy atom. The highest BCUT2D eigenvalue weighted by Crippen LogP contribution is 2.44. The number of rotatable bonds is 4. The Labute approximate surface area is 122 Å². The molecule has 0 aromatic heterocycles. The number of likely N-dealkylation sites (tertiary alicyclic amines) is 1. The van der Waals surface area contributed by atoms with Crippen LogP contribution in [0.4, 0.5) is 0 Å². The number of fused-ring (bicyclic) bond motifs is 2. The van der Waals surface area contributed by atoms with Crippen LogP contribution in [0.15, 0.2) is 12.2 Å². The Morgan fingerprint density at radius 2 is 2.20 bits per heavy atom. The van der Waals surface area contributed by atoms with Gasteiger partial charge in [0.15, 0.2) is 0 Å². The number of hydrogen-bond donors (Lipinski definition) is 1. The molecule has 2 bridgehead atoms. The van der Waals surface area contributed by atoms with Gasteiger partial charge in [-0.3, -0.25) is 4.79 Å². The van der Waals surface area contributed by atoms with Crippen LogP contribution in [0.25, 0.3) is 0 Å². The molecule has 1 heterocycles. The van der Waals surface area contributed by atoms with Crippen molar-refractivity contribution in [3.8, 4) is 0 Å². The van der Waals surface area contributed by atoms with Crippen molar-refractivity contribution in [3.05, 3.63) is 12.2 Å². The van der Waals surface area contributed by atoms with Crippen molar-refractivity contribution in [3.63, 3.8) is 0 Å². The van der Waals surface area contributed by atoms with Crippen LogP contribution in [-0.2, 0) is 4.79 Å². The maximum Gasteiger partial charge on any atom is 0.226 e. The van der Waals surface area contributed by atoms with Gasteiger partial charge >= 0.3 is 0 Å². The summed E-state index contributed by atoms with van der Waals surface area (Å²) in [6.07, 6.45) is 9.37. The molecule has 112 valence electrons. The summed E-state index contributed by atoms with van der Waals surface area (Å²) in [7, 11) is 0. The van der Waals surface area contributed by atoms with Crippen molar-refractivity contribution in [2.45, 2.75) is 45.6 Å². The standard InChI is InChI=1S/C17H28N2O/c1-12(2)18-10-14-4-3-7-19(11-14)17(20)16-9-13-5-6-15(16)8-13/h5-6,12-16,18H,3-4,7-11H2,1-2H3. The molecule has 0 aromatic carbocycles. The quantitative estimate of drug-likeness (QED) is 0.800. The van der Waals surface area contributed by atoms with Crippen LogP contribution in [0.3, 0.4) is 0 Å². The molecule has 0 radical (unpaired) electrons. The first-order valence-corrected chi connectivity index (χ1v) is 8.34. The number of carbonyl (C=O) groups excluding carboxylic acids is 1. The van der Waals surface area contributed by atoms with Gasteiger partial charge in [0.05, 0.1) is 0 Å². The van der Waals surface area contributed by atoms with Crippen LogP contribution >= 0.6 is 0 Å². The third kappa shape index (κ3) is 2.93. The van der Waals surface area contributed by atoms with E-state index >= 15 is 0 Å². The van der Waals surface area contributed by atoms with Crippen molar-refractivity contribution in [2.24, 2.45) is 23.7 Å². The minimum Gasteiger partial charge on any atom is -0.342 e. The second kappa shape index (κ2) is 5.88. The number of carbonyl (C=O) groups is 1. The van der Waals surface area contributed by atoms with E-state index < -0.39 is 0 Å². The second-order valence-corrected chi connectivity index (χ2v) is 7.24. The van der Waals surface area contributed by atoms with E-state index in [0.29, 0.717) is 35.6 Å². The van der Waals surface area contributed by atoms with Crippen molar-refractivity contribution in [2.75, 3.05) is 19.6 Å². The van der Waals surface area contributed by atoms with E-state index in [1.165, 1.54) is 19.3 Å². The fraction of sp³-hybridized carbons (Fsp3) is 0.824. The molecular formula is C17H28N2O. The summed E-state index contributed by atoms with van der Waals surface area (Å²) in [4.78, 5) is 14.9. The SMILES string of the molecule is CC(C)NCC1CCCN(C(=O)C2CC3C=CC2C3)C1. The van der Waals surface area contributed by atoms with Crippen LogP contribution in [0.1, 0.15) is 39.5 Å². The number of hydrogen-bond acceptors (Lipinski definition) is 2. The first kappa shape index (κ1) is 14.1. The number of allylic oxidation sites excluding steroid dienone is 2. The highest BCUT2D eigenvalue weighted by molar-refractivity contribution is 5.80. The molecule has 3 rings (SSSR count). The van der Waals surface area contributed by atoms with Crippen LogP contribution in [0, 0.1) is 23.7 Å². The Kier molecular flexibility index (Phi) is 4.16. The summed E-state index contributed by atoms with van der Waals surface area (Å²) in [5, 5.41) is 3.52. The number of amides is 1. The number of nitrogens with one attached hydrogen (secondary N) is 1. The molecular weight excluding hydrogens is 248 g/mol. The van der Waals surface area contributed by atoms with Crippen molar-refractivity contribution < 1.29 is 4.79 Å². The van der Waals surface area contributed by atoms with Crippen LogP contribution in [-0.4, -0.2) is 36.5 Å². The Morgan fingerprint density at radius 3 is 2.85 bits per heavy atom. The lowest BCUT2D eigenvalue weighted by Gasteiger charge is -2.36. The second-order valence-electron chi connectivity index (χ2n) is 7.24. The molecule has 2 fully saturated rings. The number of piperidine rings is 1. The summed E-state index contributed by atoms with van der Waals surface area (Å²) < 4.78 is 0. The highest BCUT2D eigenvalue weighted by Gasteiger charge is 2.42. The van der Waals surface area contributed by atoms with Gasteiger partial charge in [-0.25, -0.2) is 0 Å². The summed E-state index contributed by atoms with van der Waals surface area (Å²) in [5.41, 5.74) is 0. The van der Waals surface area contributed by atoms with E-state index in [1.54, 1.807) is 0 Å². The van der Waals surface area contributed by atoms with Gasteiger partial charge in [-0.2, -0.15) is 0 Å². The van der Waals surface area contributed by atoms with Gasteiger partial charge in [0.2, 0.25) is 5.91 Å². The van der Waals surface area contributed by atoms with Gasteiger partial charge in [-0.15, -0.1) is 0 Å². The molecule has 1 amide bonds. The average Bonchev–Trinajstić information content (AvgIpc) is 3.07. The topological polar surface area (TPSA) is 32.3 Å². The summed E-state index contributed by atoms with van der Waals surface area (Å²) in [6.45, 7) is 7.38. The van der Waals surface area contributed by atoms with Gasteiger partial charge < -0.3 is 10.2 Å².